The first-order valence-electron chi connectivity index (χ1n) is 6.41. The van der Waals surface area contributed by atoms with Crippen molar-refractivity contribution in [1.82, 2.24) is 0 Å². The summed E-state index contributed by atoms with van der Waals surface area (Å²) < 4.78 is 26.9. The van der Waals surface area contributed by atoms with Crippen molar-refractivity contribution in [3.63, 3.8) is 0 Å². The summed E-state index contributed by atoms with van der Waals surface area (Å²) in [6, 6.07) is 5.35. The number of hydrogen-bond donors (Lipinski definition) is 2. The molecule has 0 aliphatic heterocycles. The first-order valence-corrected chi connectivity index (χ1v) is 7.96. The number of hydrogen-bond acceptors (Lipinski definition) is 5. The fourth-order valence-electron chi connectivity index (χ4n) is 1.46. The van der Waals surface area contributed by atoms with Crippen LogP contribution in [0.4, 0.5) is 5.69 Å². The maximum Gasteiger partial charge on any atom is 0.306 e. The molecular weight excluding hydrogens is 296 g/mol. The predicted octanol–water partition coefficient (Wildman–Crippen LogP) is 1.01. The van der Waals surface area contributed by atoms with Gasteiger partial charge in [0.25, 0.3) is 5.91 Å². The van der Waals surface area contributed by atoms with E-state index < -0.39 is 21.9 Å². The number of anilines is 1. The van der Waals surface area contributed by atoms with Gasteiger partial charge in [-0.2, -0.15) is 0 Å². The Morgan fingerprint density at radius 3 is 2.38 bits per heavy atom. The number of primary sulfonamides is 1. The number of ether oxygens (including phenoxy) is 1. The van der Waals surface area contributed by atoms with Gasteiger partial charge < -0.3 is 10.1 Å². The minimum atomic E-state index is -3.76. The molecule has 0 unspecified atom stereocenters. The van der Waals surface area contributed by atoms with Gasteiger partial charge in [0.15, 0.2) is 6.61 Å². The molecule has 0 spiro atoms. The van der Waals surface area contributed by atoms with Crippen LogP contribution in [0, 0.1) is 0 Å². The van der Waals surface area contributed by atoms with E-state index in [1.807, 2.05) is 6.92 Å². The second-order valence-electron chi connectivity index (χ2n) is 4.38. The number of nitrogens with one attached hydrogen (secondary N) is 1. The number of amides is 1. The Morgan fingerprint density at radius 2 is 1.86 bits per heavy atom. The van der Waals surface area contributed by atoms with Gasteiger partial charge in [-0.05, 0) is 30.7 Å². The average Bonchev–Trinajstić information content (AvgIpc) is 2.42. The lowest BCUT2D eigenvalue weighted by atomic mass is 10.2. The van der Waals surface area contributed by atoms with Crippen molar-refractivity contribution in [2.75, 3.05) is 11.9 Å². The number of carbonyl (C=O) groups is 2. The molecule has 3 N–H and O–H groups in total. The topological polar surface area (TPSA) is 116 Å². The number of carbonyl (C=O) groups excluding carboxylic acids is 2. The Balaban J connectivity index is 2.46. The smallest absolute Gasteiger partial charge is 0.306 e. The molecule has 0 fully saturated rings. The number of sulfonamides is 1. The number of esters is 1. The van der Waals surface area contributed by atoms with Crippen LogP contribution in [0.3, 0.4) is 0 Å². The van der Waals surface area contributed by atoms with Crippen LogP contribution in [-0.4, -0.2) is 26.9 Å². The quantitative estimate of drug-likeness (QED) is 0.729. The average molecular weight is 314 g/mol. The fraction of sp³-hybridized carbons (Fsp3) is 0.385. The normalized spacial score (nSPS) is 11.0. The van der Waals surface area contributed by atoms with E-state index in [1.54, 1.807) is 0 Å². The highest BCUT2D eigenvalue weighted by Gasteiger charge is 2.09. The van der Waals surface area contributed by atoms with Gasteiger partial charge in [-0.25, -0.2) is 13.6 Å². The standard InChI is InChI=1S/C13H18N2O5S/c1-2-3-4-13(17)20-9-12(16)15-10-5-7-11(8-6-10)21(14,18)19/h5-8H,2-4,9H2,1H3,(H,15,16)(H2,14,18,19). The second kappa shape index (κ2) is 7.75. The van der Waals surface area contributed by atoms with E-state index in [4.69, 9.17) is 9.88 Å². The van der Waals surface area contributed by atoms with Crippen LogP contribution in [0.2, 0.25) is 0 Å². The molecule has 0 saturated heterocycles. The van der Waals surface area contributed by atoms with Crippen LogP contribution in [0.25, 0.3) is 0 Å². The monoisotopic (exact) mass is 314 g/mol. The van der Waals surface area contributed by atoms with Crippen LogP contribution < -0.4 is 10.5 Å². The van der Waals surface area contributed by atoms with Crippen molar-refractivity contribution in [2.45, 2.75) is 31.1 Å². The molecule has 0 heterocycles. The van der Waals surface area contributed by atoms with E-state index >= 15 is 0 Å². The molecule has 1 aromatic rings. The largest absolute Gasteiger partial charge is 0.456 e. The third-order valence-corrected chi connectivity index (χ3v) is 3.49. The van der Waals surface area contributed by atoms with E-state index in [-0.39, 0.29) is 17.9 Å². The zero-order valence-corrected chi connectivity index (χ0v) is 12.5. The lowest BCUT2D eigenvalue weighted by molar-refractivity contribution is -0.147. The SMILES string of the molecule is CCCCC(=O)OCC(=O)Nc1ccc(S(N)(=O)=O)cc1. The van der Waals surface area contributed by atoms with Gasteiger partial charge in [-0.3, -0.25) is 9.59 Å². The highest BCUT2D eigenvalue weighted by Crippen LogP contribution is 2.12. The molecule has 8 heteroatoms. The predicted molar refractivity (Wildman–Crippen MR) is 76.9 cm³/mol. The molecule has 0 saturated carbocycles. The molecule has 0 bridgehead atoms. The number of rotatable bonds is 7. The highest BCUT2D eigenvalue weighted by molar-refractivity contribution is 7.89. The number of unbranched alkanes of at least 4 members (excludes halogenated alkanes) is 1. The summed E-state index contributed by atoms with van der Waals surface area (Å²) in [5.74, 6) is -0.917. The maximum atomic E-state index is 11.5. The third-order valence-electron chi connectivity index (χ3n) is 2.57. The van der Waals surface area contributed by atoms with Crippen molar-refractivity contribution in [3.05, 3.63) is 24.3 Å². The Hall–Kier alpha value is -1.93. The van der Waals surface area contributed by atoms with Gasteiger partial charge in [0, 0.05) is 12.1 Å². The van der Waals surface area contributed by atoms with Crippen molar-refractivity contribution >= 4 is 27.6 Å². The molecule has 1 rings (SSSR count). The highest BCUT2D eigenvalue weighted by atomic mass is 32.2. The summed E-state index contributed by atoms with van der Waals surface area (Å²) in [6.07, 6.45) is 1.88. The fourth-order valence-corrected chi connectivity index (χ4v) is 1.98. The number of benzene rings is 1. The van der Waals surface area contributed by atoms with Crippen LogP contribution in [0.5, 0.6) is 0 Å². The van der Waals surface area contributed by atoms with Gasteiger partial charge in [0.2, 0.25) is 10.0 Å². The summed E-state index contributed by atoms with van der Waals surface area (Å²) in [5.41, 5.74) is 0.386. The van der Waals surface area contributed by atoms with E-state index in [9.17, 15) is 18.0 Å². The Kier molecular flexibility index (Phi) is 6.32. The lowest BCUT2D eigenvalue weighted by Gasteiger charge is -2.07. The van der Waals surface area contributed by atoms with Crippen LogP contribution in [0.15, 0.2) is 29.2 Å². The van der Waals surface area contributed by atoms with Gasteiger partial charge in [0.05, 0.1) is 4.90 Å². The molecule has 0 aliphatic rings. The molecule has 21 heavy (non-hydrogen) atoms. The summed E-state index contributed by atoms with van der Waals surface area (Å²) in [4.78, 5) is 22.7. The summed E-state index contributed by atoms with van der Waals surface area (Å²) in [6.45, 7) is 1.57. The van der Waals surface area contributed by atoms with Crippen molar-refractivity contribution in [1.29, 1.82) is 0 Å². The van der Waals surface area contributed by atoms with Crippen LogP contribution in [-0.2, 0) is 24.3 Å². The first kappa shape index (κ1) is 17.1. The van der Waals surface area contributed by atoms with Gasteiger partial charge in [-0.15, -0.1) is 0 Å². The molecule has 0 aliphatic carbocycles. The van der Waals surface area contributed by atoms with E-state index in [2.05, 4.69) is 5.32 Å². The molecule has 116 valence electrons. The molecule has 0 aromatic heterocycles. The lowest BCUT2D eigenvalue weighted by Crippen LogP contribution is -2.20. The van der Waals surface area contributed by atoms with Crippen LogP contribution >= 0.6 is 0 Å². The van der Waals surface area contributed by atoms with Crippen LogP contribution in [0.1, 0.15) is 26.2 Å². The second-order valence-corrected chi connectivity index (χ2v) is 5.94. The van der Waals surface area contributed by atoms with E-state index in [1.165, 1.54) is 24.3 Å². The minimum absolute atomic E-state index is 0.0495. The molecule has 0 radical (unpaired) electrons. The Morgan fingerprint density at radius 1 is 1.24 bits per heavy atom. The Bertz CT molecular complexity index is 595. The molecule has 1 amide bonds. The van der Waals surface area contributed by atoms with Crippen molar-refractivity contribution in [2.24, 2.45) is 5.14 Å². The van der Waals surface area contributed by atoms with Crippen molar-refractivity contribution < 1.29 is 22.7 Å². The van der Waals surface area contributed by atoms with E-state index in [0.29, 0.717) is 5.69 Å². The maximum absolute atomic E-state index is 11.5. The minimum Gasteiger partial charge on any atom is -0.456 e. The molecule has 7 nitrogen and oxygen atoms in total. The van der Waals surface area contributed by atoms with Crippen molar-refractivity contribution in [3.8, 4) is 0 Å². The molecule has 0 atom stereocenters. The van der Waals surface area contributed by atoms with Gasteiger partial charge >= 0.3 is 5.97 Å². The summed E-state index contributed by atoms with van der Waals surface area (Å²) in [5, 5.41) is 7.44. The molecule has 1 aromatic carbocycles. The van der Waals surface area contributed by atoms with Gasteiger partial charge in [0.1, 0.15) is 0 Å². The summed E-state index contributed by atoms with van der Waals surface area (Å²) >= 11 is 0. The third kappa shape index (κ3) is 6.37. The Labute approximate surface area is 123 Å². The number of nitrogens with two attached hydrogens (primary N) is 1. The zero-order chi connectivity index (χ0) is 15.9. The molecular formula is C13H18N2O5S. The van der Waals surface area contributed by atoms with E-state index in [0.717, 1.165) is 12.8 Å². The van der Waals surface area contributed by atoms with Gasteiger partial charge in [-0.1, -0.05) is 13.3 Å². The zero-order valence-electron chi connectivity index (χ0n) is 11.7. The first-order chi connectivity index (χ1) is 9.82. The summed E-state index contributed by atoms with van der Waals surface area (Å²) in [7, 11) is -3.76.